The molecule has 0 saturated carbocycles. The van der Waals surface area contributed by atoms with Gasteiger partial charge in [-0.25, -0.2) is 8.42 Å². The number of nitrogens with zero attached hydrogens (tertiary/aromatic N) is 2. The lowest BCUT2D eigenvalue weighted by atomic mass is 10.2. The van der Waals surface area contributed by atoms with Crippen molar-refractivity contribution < 1.29 is 12.9 Å². The zero-order valence-electron chi connectivity index (χ0n) is 9.83. The van der Waals surface area contributed by atoms with Crippen LogP contribution in [0, 0.1) is 0 Å². The van der Waals surface area contributed by atoms with Gasteiger partial charge >= 0.3 is 6.01 Å². The van der Waals surface area contributed by atoms with Gasteiger partial charge in [0.25, 0.3) is 0 Å². The molecule has 1 aromatic carbocycles. The normalized spacial score (nSPS) is 11.4. The molecule has 6 nitrogen and oxygen atoms in total. The Balaban J connectivity index is 1.99. The topological polar surface area (TPSA) is 85.1 Å². The molecule has 0 aliphatic heterocycles. The van der Waals surface area contributed by atoms with Crippen LogP contribution in [0.15, 0.2) is 34.9 Å². The average Bonchev–Trinajstić information content (AvgIpc) is 2.77. The van der Waals surface area contributed by atoms with Crippen molar-refractivity contribution in [1.82, 2.24) is 10.1 Å². The van der Waals surface area contributed by atoms with E-state index in [4.69, 9.17) is 4.52 Å². The highest BCUT2D eigenvalue weighted by Crippen LogP contribution is 2.16. The number of nitrogens with one attached hydrogen (secondary N) is 1. The summed E-state index contributed by atoms with van der Waals surface area (Å²) >= 11 is 0. The van der Waals surface area contributed by atoms with Gasteiger partial charge < -0.3 is 9.84 Å². The van der Waals surface area contributed by atoms with Crippen molar-refractivity contribution >= 4 is 15.9 Å². The lowest BCUT2D eigenvalue weighted by Crippen LogP contribution is -2.14. The maximum atomic E-state index is 10.9. The van der Waals surface area contributed by atoms with E-state index in [0.717, 1.165) is 5.56 Å². The molecular weight excluding hydrogens is 254 g/mol. The maximum absolute atomic E-state index is 10.9. The lowest BCUT2D eigenvalue weighted by Gasteiger charge is -1.98. The van der Waals surface area contributed by atoms with Crippen molar-refractivity contribution in [1.29, 1.82) is 0 Å². The van der Waals surface area contributed by atoms with E-state index >= 15 is 0 Å². The fraction of sp³-hybridized carbons (Fsp3) is 0.273. The molecule has 7 heteroatoms. The number of hydrogen-bond donors (Lipinski definition) is 1. The molecule has 0 radical (unpaired) electrons. The molecule has 1 aromatic heterocycles. The third-order valence-electron chi connectivity index (χ3n) is 2.21. The van der Waals surface area contributed by atoms with Crippen molar-refractivity contribution in [3.8, 4) is 11.4 Å². The van der Waals surface area contributed by atoms with Crippen molar-refractivity contribution in [2.24, 2.45) is 0 Å². The van der Waals surface area contributed by atoms with Gasteiger partial charge in [0.2, 0.25) is 5.82 Å². The third-order valence-corrected chi connectivity index (χ3v) is 3.15. The van der Waals surface area contributed by atoms with Gasteiger partial charge in [-0.15, -0.1) is 0 Å². The fourth-order valence-corrected chi connectivity index (χ4v) is 1.82. The van der Waals surface area contributed by atoms with E-state index < -0.39 is 9.84 Å². The molecular formula is C11H13N3O3S. The number of sulfone groups is 1. The Morgan fingerprint density at radius 2 is 2.00 bits per heavy atom. The van der Waals surface area contributed by atoms with Gasteiger partial charge in [-0.1, -0.05) is 35.5 Å². The Bertz CT molecular complexity index is 607. The molecule has 96 valence electrons. The Morgan fingerprint density at radius 3 is 2.67 bits per heavy atom. The molecule has 1 N–H and O–H groups in total. The summed E-state index contributed by atoms with van der Waals surface area (Å²) in [5.74, 6) is 0.494. The molecule has 0 bridgehead atoms. The highest BCUT2D eigenvalue weighted by atomic mass is 32.2. The predicted octanol–water partition coefficient (Wildman–Crippen LogP) is 1.19. The highest BCUT2D eigenvalue weighted by Gasteiger charge is 2.08. The number of benzene rings is 1. The predicted molar refractivity (Wildman–Crippen MR) is 67.9 cm³/mol. The van der Waals surface area contributed by atoms with E-state index in [1.807, 2.05) is 30.3 Å². The second kappa shape index (κ2) is 5.18. The van der Waals surface area contributed by atoms with Crippen LogP contribution < -0.4 is 5.32 Å². The van der Waals surface area contributed by atoms with Crippen LogP contribution in [-0.4, -0.2) is 37.1 Å². The third kappa shape index (κ3) is 3.56. The number of anilines is 1. The maximum Gasteiger partial charge on any atom is 0.321 e. The average molecular weight is 267 g/mol. The van der Waals surface area contributed by atoms with E-state index in [2.05, 4.69) is 15.5 Å². The van der Waals surface area contributed by atoms with E-state index in [0.29, 0.717) is 5.82 Å². The molecule has 2 aromatic rings. The molecule has 0 fully saturated rings. The van der Waals surface area contributed by atoms with Gasteiger partial charge in [0.05, 0.1) is 5.75 Å². The van der Waals surface area contributed by atoms with Crippen molar-refractivity contribution in [2.45, 2.75) is 0 Å². The van der Waals surface area contributed by atoms with Crippen molar-refractivity contribution in [3.05, 3.63) is 30.3 Å². The minimum atomic E-state index is -2.99. The zero-order chi connectivity index (χ0) is 13.0. The second-order valence-electron chi connectivity index (χ2n) is 3.85. The molecule has 0 aliphatic carbocycles. The van der Waals surface area contributed by atoms with E-state index in [-0.39, 0.29) is 18.3 Å². The molecule has 1 heterocycles. The van der Waals surface area contributed by atoms with Crippen molar-refractivity contribution in [2.75, 3.05) is 23.9 Å². The summed E-state index contributed by atoms with van der Waals surface area (Å²) in [5.41, 5.74) is 0.845. The Labute approximate surface area is 105 Å². The summed E-state index contributed by atoms with van der Waals surface area (Å²) in [6.45, 7) is 0.245. The van der Waals surface area contributed by atoms with Crippen LogP contribution >= 0.6 is 0 Å². The first kappa shape index (κ1) is 12.6. The van der Waals surface area contributed by atoms with Crippen LogP contribution in [0.2, 0.25) is 0 Å². The summed E-state index contributed by atoms with van der Waals surface area (Å²) in [5, 5.41) is 6.58. The quantitative estimate of drug-likeness (QED) is 0.876. The molecule has 0 aliphatic rings. The Kier molecular flexibility index (Phi) is 3.61. The zero-order valence-corrected chi connectivity index (χ0v) is 10.6. The lowest BCUT2D eigenvalue weighted by molar-refractivity contribution is 0.432. The monoisotopic (exact) mass is 267 g/mol. The number of rotatable bonds is 5. The van der Waals surface area contributed by atoms with Crippen LogP contribution in [0.3, 0.4) is 0 Å². The second-order valence-corrected chi connectivity index (χ2v) is 6.11. The van der Waals surface area contributed by atoms with E-state index in [1.165, 1.54) is 6.26 Å². The first-order valence-electron chi connectivity index (χ1n) is 5.35. The molecule has 0 atom stereocenters. The molecule has 18 heavy (non-hydrogen) atoms. The first-order valence-corrected chi connectivity index (χ1v) is 7.41. The minimum absolute atomic E-state index is 0.0239. The molecule has 0 spiro atoms. The molecule has 0 amide bonds. The summed E-state index contributed by atoms with van der Waals surface area (Å²) in [4.78, 5) is 4.12. The number of hydrogen-bond acceptors (Lipinski definition) is 6. The molecule has 0 unspecified atom stereocenters. The fourth-order valence-electron chi connectivity index (χ4n) is 1.34. The molecule has 2 rings (SSSR count). The van der Waals surface area contributed by atoms with Crippen LogP contribution in [0.5, 0.6) is 0 Å². The van der Waals surface area contributed by atoms with Gasteiger partial charge in [-0.3, -0.25) is 0 Å². The standard InChI is InChI=1S/C11H13N3O3S/c1-18(15,16)8-7-12-11-13-10(14-17-11)9-5-3-2-4-6-9/h2-6H,7-8H2,1H3,(H,12,13,14). The van der Waals surface area contributed by atoms with E-state index in [1.54, 1.807) is 0 Å². The SMILES string of the molecule is CS(=O)(=O)CCNc1nc(-c2ccccc2)no1. The number of aromatic nitrogens is 2. The summed E-state index contributed by atoms with van der Waals surface area (Å²) in [7, 11) is -2.99. The summed E-state index contributed by atoms with van der Waals surface area (Å²) in [6.07, 6.45) is 1.18. The highest BCUT2D eigenvalue weighted by molar-refractivity contribution is 7.90. The van der Waals surface area contributed by atoms with Gasteiger partial charge in [0.15, 0.2) is 0 Å². The summed E-state index contributed by atoms with van der Waals surface area (Å²) in [6, 6.07) is 9.60. The van der Waals surface area contributed by atoms with E-state index in [9.17, 15) is 8.42 Å². The van der Waals surface area contributed by atoms with Crippen LogP contribution in [0.25, 0.3) is 11.4 Å². The summed E-state index contributed by atoms with van der Waals surface area (Å²) < 4.78 is 26.8. The Hall–Kier alpha value is -1.89. The van der Waals surface area contributed by atoms with Crippen molar-refractivity contribution in [3.63, 3.8) is 0 Å². The largest absolute Gasteiger partial charge is 0.337 e. The first-order chi connectivity index (χ1) is 8.54. The Morgan fingerprint density at radius 1 is 1.28 bits per heavy atom. The van der Waals surface area contributed by atoms with Gasteiger partial charge in [-0.05, 0) is 0 Å². The minimum Gasteiger partial charge on any atom is -0.337 e. The van der Waals surface area contributed by atoms with Crippen LogP contribution in [-0.2, 0) is 9.84 Å². The van der Waals surface area contributed by atoms with Gasteiger partial charge in [-0.2, -0.15) is 4.98 Å². The van der Waals surface area contributed by atoms with Crippen LogP contribution in [0.1, 0.15) is 0 Å². The van der Waals surface area contributed by atoms with Gasteiger partial charge in [0.1, 0.15) is 9.84 Å². The molecule has 0 saturated heterocycles. The smallest absolute Gasteiger partial charge is 0.321 e. The van der Waals surface area contributed by atoms with Gasteiger partial charge in [0, 0.05) is 18.4 Å². The van der Waals surface area contributed by atoms with Crippen LogP contribution in [0.4, 0.5) is 6.01 Å².